The molecule has 5 aromatic carbocycles. The van der Waals surface area contributed by atoms with Gasteiger partial charge in [-0.05, 0) is 31.1 Å². The molecule has 0 bridgehead atoms. The lowest BCUT2D eigenvalue weighted by atomic mass is 10.3. The van der Waals surface area contributed by atoms with Gasteiger partial charge in [0.25, 0.3) is 16.6 Å². The van der Waals surface area contributed by atoms with Crippen molar-refractivity contribution in [2.45, 2.75) is 0 Å². The average molecular weight is 475 g/mol. The van der Waals surface area contributed by atoms with Crippen molar-refractivity contribution in [1.82, 2.24) is 0 Å². The summed E-state index contributed by atoms with van der Waals surface area (Å²) in [6.07, 6.45) is 0. The van der Waals surface area contributed by atoms with Crippen molar-refractivity contribution in [3.63, 3.8) is 0 Å². The maximum atomic E-state index is 12.2. The van der Waals surface area contributed by atoms with Gasteiger partial charge in [0, 0.05) is 0 Å². The van der Waals surface area contributed by atoms with Crippen molar-refractivity contribution in [2.24, 2.45) is 0 Å². The lowest BCUT2D eigenvalue weighted by Gasteiger charge is -2.29. The highest BCUT2D eigenvalue weighted by molar-refractivity contribution is 7.07. The van der Waals surface area contributed by atoms with Crippen LogP contribution in [0.3, 0.4) is 0 Å². The maximum absolute atomic E-state index is 12.2. The van der Waals surface area contributed by atoms with E-state index in [2.05, 4.69) is 0 Å². The first-order chi connectivity index (χ1) is 16.6. The highest BCUT2D eigenvalue weighted by Crippen LogP contribution is 2.07. The van der Waals surface area contributed by atoms with Gasteiger partial charge in [0.05, 0.1) is 0 Å². The van der Waals surface area contributed by atoms with Gasteiger partial charge in [-0.15, -0.1) is 0 Å². The van der Waals surface area contributed by atoms with Crippen LogP contribution < -0.4 is 31.1 Å². The van der Waals surface area contributed by atoms with Crippen LogP contribution in [0.25, 0.3) is 0 Å². The van der Waals surface area contributed by atoms with Gasteiger partial charge < -0.3 is 9.59 Å². The van der Waals surface area contributed by atoms with E-state index in [-0.39, 0.29) is 0 Å². The third-order valence-electron chi connectivity index (χ3n) is 6.49. The summed E-state index contributed by atoms with van der Waals surface area (Å²) in [5, 5.41) is 5.54. The molecule has 0 radical (unpaired) electrons. The zero-order valence-electron chi connectivity index (χ0n) is 18.8. The van der Waals surface area contributed by atoms with Gasteiger partial charge in [-0.2, -0.15) is 0 Å². The van der Waals surface area contributed by atoms with E-state index in [0.717, 1.165) is 31.1 Å². The van der Waals surface area contributed by atoms with Crippen LogP contribution >= 0.6 is 0 Å². The molecule has 0 amide bonds. The molecule has 4 heteroatoms. The molecule has 0 saturated heterocycles. The van der Waals surface area contributed by atoms with Gasteiger partial charge in [0.1, 0.15) is 0 Å². The minimum Gasteiger partial charge on any atom is -0.421 e. The molecule has 0 saturated carbocycles. The molecular formula is C30H26O2Si2. The molecule has 2 nitrogen and oxygen atoms in total. The second-order valence-corrected chi connectivity index (χ2v) is 14.8. The van der Waals surface area contributed by atoms with Crippen LogP contribution in [0.1, 0.15) is 0 Å². The average Bonchev–Trinajstić information content (AvgIpc) is 2.94. The highest BCUT2D eigenvalue weighted by Gasteiger charge is 2.41. The molecule has 2 N–H and O–H groups in total. The van der Waals surface area contributed by atoms with Gasteiger partial charge >= 0.3 is 0 Å². The number of rotatable bonds is 6. The topological polar surface area (TPSA) is 40.5 Å². The van der Waals surface area contributed by atoms with Crippen LogP contribution in [0.5, 0.6) is 0 Å². The number of benzene rings is 5. The van der Waals surface area contributed by atoms with Crippen LogP contribution in [0, 0.1) is 0 Å². The summed E-state index contributed by atoms with van der Waals surface area (Å²) in [5.41, 5.74) is 0. The molecule has 0 heterocycles. The first-order valence-electron chi connectivity index (χ1n) is 11.4. The standard InChI is InChI=1S/C30H26O2Si2/c31-33(25-13-5-1-6-14-25,26-15-7-2-8-16-26)29-21-23-30(24-22-29)34(32,27-17-9-3-10-18-27)28-19-11-4-12-20-28/h1-24,31-32H. The van der Waals surface area contributed by atoms with Gasteiger partial charge in [-0.1, -0.05) is 146 Å². The zero-order valence-corrected chi connectivity index (χ0v) is 20.8. The fourth-order valence-electron chi connectivity index (χ4n) is 4.67. The predicted molar refractivity (Wildman–Crippen MR) is 146 cm³/mol. The molecule has 166 valence electrons. The van der Waals surface area contributed by atoms with Crippen molar-refractivity contribution in [2.75, 3.05) is 0 Å². The predicted octanol–water partition coefficient (Wildman–Crippen LogP) is 1.60. The molecule has 5 aromatic rings. The van der Waals surface area contributed by atoms with Gasteiger partial charge in [-0.25, -0.2) is 0 Å². The van der Waals surface area contributed by atoms with Gasteiger partial charge in [0.15, 0.2) is 0 Å². The fraction of sp³-hybridized carbons (Fsp3) is 0. The van der Waals surface area contributed by atoms with Crippen molar-refractivity contribution in [3.8, 4) is 0 Å². The van der Waals surface area contributed by atoms with Gasteiger partial charge in [-0.3, -0.25) is 0 Å². The summed E-state index contributed by atoms with van der Waals surface area (Å²) in [5.74, 6) is 0. The fourth-order valence-corrected chi connectivity index (χ4v) is 10.7. The van der Waals surface area contributed by atoms with Crippen molar-refractivity contribution >= 4 is 47.8 Å². The minimum absolute atomic E-state index is 0.895. The Morgan fingerprint density at radius 1 is 0.265 bits per heavy atom. The van der Waals surface area contributed by atoms with E-state index in [1.165, 1.54) is 0 Å². The second kappa shape index (κ2) is 9.37. The number of hydrogen-bond donors (Lipinski definition) is 2. The summed E-state index contributed by atoms with van der Waals surface area (Å²) in [4.78, 5) is 24.5. The first kappa shape index (κ1) is 22.3. The lowest BCUT2D eigenvalue weighted by Crippen LogP contribution is -2.69. The minimum atomic E-state index is -3.18. The first-order valence-corrected chi connectivity index (χ1v) is 15.3. The van der Waals surface area contributed by atoms with Crippen LogP contribution in [0.15, 0.2) is 146 Å². The van der Waals surface area contributed by atoms with E-state index in [1.807, 2.05) is 146 Å². The molecule has 0 unspecified atom stereocenters. The normalized spacial score (nSPS) is 11.8. The van der Waals surface area contributed by atoms with E-state index in [9.17, 15) is 9.59 Å². The molecule has 0 aromatic heterocycles. The largest absolute Gasteiger partial charge is 0.421 e. The number of hydrogen-bond acceptors (Lipinski definition) is 2. The van der Waals surface area contributed by atoms with Crippen LogP contribution in [-0.2, 0) is 0 Å². The Balaban J connectivity index is 1.66. The Morgan fingerprint density at radius 3 is 0.647 bits per heavy atom. The Hall–Kier alpha value is -3.55. The Labute approximate surface area is 202 Å². The molecule has 0 aliphatic rings. The molecular weight excluding hydrogens is 449 g/mol. The van der Waals surface area contributed by atoms with E-state index >= 15 is 0 Å². The molecule has 0 aliphatic heterocycles. The second-order valence-electron chi connectivity index (χ2n) is 8.46. The molecule has 0 atom stereocenters. The van der Waals surface area contributed by atoms with E-state index in [4.69, 9.17) is 0 Å². The molecule has 5 rings (SSSR count). The van der Waals surface area contributed by atoms with Crippen molar-refractivity contribution in [3.05, 3.63) is 146 Å². The quantitative estimate of drug-likeness (QED) is 0.290. The van der Waals surface area contributed by atoms with Crippen LogP contribution in [0.4, 0.5) is 0 Å². The lowest BCUT2D eigenvalue weighted by molar-refractivity contribution is 0.581. The smallest absolute Gasteiger partial charge is 0.285 e. The third-order valence-corrected chi connectivity index (χ3v) is 13.5. The monoisotopic (exact) mass is 474 g/mol. The van der Waals surface area contributed by atoms with E-state index in [1.54, 1.807) is 0 Å². The summed E-state index contributed by atoms with van der Waals surface area (Å²) in [7, 11) is -6.37. The van der Waals surface area contributed by atoms with Crippen molar-refractivity contribution < 1.29 is 9.59 Å². The Bertz CT molecular complexity index is 1150. The summed E-state index contributed by atoms with van der Waals surface area (Å²) < 4.78 is 0. The summed E-state index contributed by atoms with van der Waals surface area (Å²) >= 11 is 0. The third kappa shape index (κ3) is 3.87. The van der Waals surface area contributed by atoms with E-state index < -0.39 is 16.6 Å². The Kier molecular flexibility index (Phi) is 6.13. The maximum Gasteiger partial charge on any atom is 0.285 e. The molecule has 0 fully saturated rings. The molecule has 0 spiro atoms. The molecule has 0 aliphatic carbocycles. The van der Waals surface area contributed by atoms with E-state index in [0.29, 0.717) is 0 Å². The molecule has 34 heavy (non-hydrogen) atoms. The summed E-state index contributed by atoms with van der Waals surface area (Å²) in [6.45, 7) is 0. The highest BCUT2D eigenvalue weighted by atomic mass is 28.4. The SMILES string of the molecule is O[Si](c1ccccc1)(c1ccccc1)c1ccc([Si](O)(c2ccccc2)c2ccccc2)cc1. The van der Waals surface area contributed by atoms with Crippen molar-refractivity contribution in [1.29, 1.82) is 0 Å². The Morgan fingerprint density at radius 2 is 0.441 bits per heavy atom. The van der Waals surface area contributed by atoms with Crippen LogP contribution in [-0.4, -0.2) is 26.2 Å². The summed E-state index contributed by atoms with van der Waals surface area (Å²) in [6, 6.07) is 47.7. The van der Waals surface area contributed by atoms with Gasteiger partial charge in [0.2, 0.25) is 0 Å². The zero-order chi connectivity index (χ0) is 23.4. The van der Waals surface area contributed by atoms with Crippen LogP contribution in [0.2, 0.25) is 0 Å².